The summed E-state index contributed by atoms with van der Waals surface area (Å²) in [5.41, 5.74) is 1.85. The van der Waals surface area contributed by atoms with E-state index in [1.54, 1.807) is 24.2 Å². The second kappa shape index (κ2) is 7.79. The minimum absolute atomic E-state index is 0.0785. The molecule has 0 saturated heterocycles. The molecular weight excluding hydrogens is 202 g/mol. The zero-order valence-corrected chi connectivity index (χ0v) is 10.8. The molecule has 0 unspecified atom stereocenters. The van der Waals surface area contributed by atoms with Gasteiger partial charge in [0.1, 0.15) is 0 Å². The number of hydrogen-bond donors (Lipinski definition) is 0. The molecule has 2 rings (SSSR count). The standard InChI is InChI=1S/C8H9N3O.2C2H6/c1-6(12)11-4-7-8(5-11)10-3-2-9-7;2*1-2/h2-3H,4-5H2,1H3;2*1-2H3. The summed E-state index contributed by atoms with van der Waals surface area (Å²) in [6, 6.07) is 0. The molecule has 0 fully saturated rings. The molecule has 0 aromatic carbocycles. The van der Waals surface area contributed by atoms with Crippen LogP contribution in [0.1, 0.15) is 46.0 Å². The van der Waals surface area contributed by atoms with Crippen LogP contribution in [-0.4, -0.2) is 20.8 Å². The van der Waals surface area contributed by atoms with Crippen LogP contribution in [0.2, 0.25) is 0 Å². The molecule has 1 aromatic heterocycles. The first-order chi connectivity index (χ1) is 7.77. The van der Waals surface area contributed by atoms with E-state index in [1.165, 1.54) is 0 Å². The lowest BCUT2D eigenvalue weighted by molar-refractivity contribution is -0.129. The highest BCUT2D eigenvalue weighted by Gasteiger charge is 2.22. The van der Waals surface area contributed by atoms with Crippen molar-refractivity contribution in [2.24, 2.45) is 0 Å². The number of carbonyl (C=O) groups excluding carboxylic acids is 1. The van der Waals surface area contributed by atoms with E-state index in [0.717, 1.165) is 11.4 Å². The van der Waals surface area contributed by atoms with Crippen molar-refractivity contribution in [3.63, 3.8) is 0 Å². The maximum atomic E-state index is 11.0. The van der Waals surface area contributed by atoms with E-state index >= 15 is 0 Å². The smallest absolute Gasteiger partial charge is 0.220 e. The summed E-state index contributed by atoms with van der Waals surface area (Å²) in [5, 5.41) is 0. The molecule has 0 saturated carbocycles. The SMILES string of the molecule is CC.CC.CC(=O)N1Cc2nccnc2C1. The highest BCUT2D eigenvalue weighted by Crippen LogP contribution is 2.17. The van der Waals surface area contributed by atoms with E-state index in [1.807, 2.05) is 27.7 Å². The Bertz CT molecular complexity index is 301. The van der Waals surface area contributed by atoms with Crippen LogP contribution in [0.3, 0.4) is 0 Å². The Labute approximate surface area is 97.7 Å². The van der Waals surface area contributed by atoms with Gasteiger partial charge in [-0.15, -0.1) is 0 Å². The number of carbonyl (C=O) groups is 1. The molecule has 0 bridgehead atoms. The van der Waals surface area contributed by atoms with Crippen LogP contribution in [0.5, 0.6) is 0 Å². The van der Waals surface area contributed by atoms with Crippen LogP contribution >= 0.6 is 0 Å². The number of fused-ring (bicyclic) bond motifs is 1. The Morgan fingerprint density at radius 3 is 1.75 bits per heavy atom. The van der Waals surface area contributed by atoms with Gasteiger partial charge in [-0.05, 0) is 0 Å². The van der Waals surface area contributed by atoms with Crippen LogP contribution < -0.4 is 0 Å². The van der Waals surface area contributed by atoms with E-state index < -0.39 is 0 Å². The molecule has 90 valence electrons. The fourth-order valence-electron chi connectivity index (χ4n) is 1.30. The zero-order valence-electron chi connectivity index (χ0n) is 10.8. The normalized spacial score (nSPS) is 11.7. The maximum absolute atomic E-state index is 11.0. The topological polar surface area (TPSA) is 46.1 Å². The summed E-state index contributed by atoms with van der Waals surface area (Å²) in [4.78, 5) is 21.0. The van der Waals surface area contributed by atoms with Crippen molar-refractivity contribution in [3.8, 4) is 0 Å². The van der Waals surface area contributed by atoms with Crippen molar-refractivity contribution in [1.29, 1.82) is 0 Å². The number of amides is 1. The van der Waals surface area contributed by atoms with Crippen molar-refractivity contribution in [1.82, 2.24) is 14.9 Å². The number of nitrogens with zero attached hydrogens (tertiary/aromatic N) is 3. The van der Waals surface area contributed by atoms with Crippen molar-refractivity contribution in [3.05, 3.63) is 23.8 Å². The van der Waals surface area contributed by atoms with Gasteiger partial charge in [0.05, 0.1) is 24.5 Å². The second-order valence-electron chi connectivity index (χ2n) is 2.82. The van der Waals surface area contributed by atoms with E-state index in [9.17, 15) is 4.79 Å². The largest absolute Gasteiger partial charge is 0.331 e. The summed E-state index contributed by atoms with van der Waals surface area (Å²) in [7, 11) is 0. The van der Waals surface area contributed by atoms with Crippen LogP contribution in [-0.2, 0) is 17.9 Å². The maximum Gasteiger partial charge on any atom is 0.220 e. The van der Waals surface area contributed by atoms with Gasteiger partial charge in [0.25, 0.3) is 0 Å². The summed E-state index contributed by atoms with van der Waals surface area (Å²) < 4.78 is 0. The van der Waals surface area contributed by atoms with Crippen molar-refractivity contribution in [2.45, 2.75) is 47.7 Å². The monoisotopic (exact) mass is 223 g/mol. The molecule has 1 aliphatic heterocycles. The molecule has 1 aromatic rings. The number of aromatic nitrogens is 2. The quantitative estimate of drug-likeness (QED) is 0.678. The van der Waals surface area contributed by atoms with Gasteiger partial charge in [0.15, 0.2) is 0 Å². The number of rotatable bonds is 0. The Morgan fingerprint density at radius 1 is 1.06 bits per heavy atom. The molecular formula is C12H21N3O. The van der Waals surface area contributed by atoms with Crippen LogP contribution in [0.15, 0.2) is 12.4 Å². The van der Waals surface area contributed by atoms with Crippen LogP contribution in [0.25, 0.3) is 0 Å². The van der Waals surface area contributed by atoms with Gasteiger partial charge in [-0.3, -0.25) is 14.8 Å². The first-order valence-electron chi connectivity index (χ1n) is 5.81. The minimum Gasteiger partial charge on any atom is -0.331 e. The van der Waals surface area contributed by atoms with E-state index in [4.69, 9.17) is 0 Å². The molecule has 0 radical (unpaired) electrons. The fraction of sp³-hybridized carbons (Fsp3) is 0.583. The molecule has 2 heterocycles. The highest BCUT2D eigenvalue weighted by atomic mass is 16.2. The first kappa shape index (κ1) is 14.6. The summed E-state index contributed by atoms with van der Waals surface area (Å²) >= 11 is 0. The highest BCUT2D eigenvalue weighted by molar-refractivity contribution is 5.73. The second-order valence-corrected chi connectivity index (χ2v) is 2.82. The van der Waals surface area contributed by atoms with Gasteiger partial charge < -0.3 is 4.90 Å². The lowest BCUT2D eigenvalue weighted by atomic mass is 10.4. The molecule has 0 spiro atoms. The van der Waals surface area contributed by atoms with Crippen LogP contribution in [0, 0.1) is 0 Å². The summed E-state index contributed by atoms with van der Waals surface area (Å²) in [6.07, 6.45) is 3.31. The van der Waals surface area contributed by atoms with E-state index in [2.05, 4.69) is 9.97 Å². The fourth-order valence-corrected chi connectivity index (χ4v) is 1.30. The van der Waals surface area contributed by atoms with Gasteiger partial charge in [0.2, 0.25) is 5.91 Å². The van der Waals surface area contributed by atoms with Crippen LogP contribution in [0.4, 0.5) is 0 Å². The van der Waals surface area contributed by atoms with Gasteiger partial charge in [-0.1, -0.05) is 27.7 Å². The third-order valence-electron chi connectivity index (χ3n) is 1.99. The predicted molar refractivity (Wildman–Crippen MR) is 64.7 cm³/mol. The minimum atomic E-state index is 0.0785. The summed E-state index contributed by atoms with van der Waals surface area (Å²) in [5.74, 6) is 0.0785. The van der Waals surface area contributed by atoms with Gasteiger partial charge in [0, 0.05) is 19.3 Å². The Balaban J connectivity index is 0.000000509. The molecule has 4 heteroatoms. The average Bonchev–Trinajstić information content (AvgIpc) is 2.78. The molecule has 4 nitrogen and oxygen atoms in total. The van der Waals surface area contributed by atoms with E-state index in [0.29, 0.717) is 13.1 Å². The molecule has 16 heavy (non-hydrogen) atoms. The predicted octanol–water partition coefficient (Wildman–Crippen LogP) is 2.39. The molecule has 1 aliphatic rings. The van der Waals surface area contributed by atoms with Crippen molar-refractivity contribution < 1.29 is 4.79 Å². The lowest BCUT2D eigenvalue weighted by Gasteiger charge is -2.10. The Hall–Kier alpha value is -1.45. The average molecular weight is 223 g/mol. The van der Waals surface area contributed by atoms with Gasteiger partial charge in [-0.2, -0.15) is 0 Å². The molecule has 0 N–H and O–H groups in total. The summed E-state index contributed by atoms with van der Waals surface area (Å²) in [6.45, 7) is 10.8. The molecule has 0 aliphatic carbocycles. The van der Waals surface area contributed by atoms with Crippen molar-refractivity contribution >= 4 is 5.91 Å². The Kier molecular flexibility index (Phi) is 7.09. The molecule has 0 atom stereocenters. The van der Waals surface area contributed by atoms with Crippen molar-refractivity contribution in [2.75, 3.05) is 0 Å². The lowest BCUT2D eigenvalue weighted by Crippen LogP contribution is -2.21. The van der Waals surface area contributed by atoms with Gasteiger partial charge >= 0.3 is 0 Å². The third kappa shape index (κ3) is 3.61. The third-order valence-corrected chi connectivity index (χ3v) is 1.99. The van der Waals surface area contributed by atoms with Gasteiger partial charge in [-0.25, -0.2) is 0 Å². The molecule has 1 amide bonds. The zero-order chi connectivity index (χ0) is 12.6. The first-order valence-corrected chi connectivity index (χ1v) is 5.81. The van der Waals surface area contributed by atoms with E-state index in [-0.39, 0.29) is 5.91 Å². The number of hydrogen-bond acceptors (Lipinski definition) is 3. The Morgan fingerprint density at radius 2 is 1.44 bits per heavy atom.